The van der Waals surface area contributed by atoms with E-state index in [1.807, 2.05) is 30.3 Å². The van der Waals surface area contributed by atoms with Crippen molar-refractivity contribution in [3.05, 3.63) is 42.2 Å². The number of aliphatic hydroxyl groups is 1. The monoisotopic (exact) mass is 381 g/mol. The summed E-state index contributed by atoms with van der Waals surface area (Å²) in [4.78, 5) is 12.1. The maximum atomic E-state index is 12.1. The zero-order valence-electron chi connectivity index (χ0n) is 14.4. The van der Waals surface area contributed by atoms with Gasteiger partial charge in [-0.1, -0.05) is 23.4 Å². The van der Waals surface area contributed by atoms with Crippen LogP contribution in [0.25, 0.3) is 0 Å². The Hall–Kier alpha value is -2.16. The fourth-order valence-corrected chi connectivity index (χ4v) is 2.77. The van der Waals surface area contributed by atoms with E-state index in [0.29, 0.717) is 32.5 Å². The van der Waals surface area contributed by atoms with E-state index in [1.165, 1.54) is 4.68 Å². The molecule has 9 heteroatoms. The van der Waals surface area contributed by atoms with Gasteiger partial charge in [-0.2, -0.15) is 0 Å². The Morgan fingerprint density at radius 3 is 2.77 bits per heavy atom. The highest BCUT2D eigenvalue weighted by atomic mass is 35.5. The van der Waals surface area contributed by atoms with Crippen LogP contribution in [0.2, 0.25) is 0 Å². The van der Waals surface area contributed by atoms with Crippen LogP contribution in [0, 0.1) is 0 Å². The summed E-state index contributed by atoms with van der Waals surface area (Å²) in [5, 5.41) is 24.3. The first kappa shape index (κ1) is 20.2. The molecular weight excluding hydrogens is 358 g/mol. The molecule has 3 N–H and O–H groups in total. The summed E-state index contributed by atoms with van der Waals surface area (Å²) >= 11 is 0. The number of hydrogen-bond donors (Lipinski definition) is 3. The number of para-hydroxylation sites is 1. The molecule has 1 amide bonds. The Kier molecular flexibility index (Phi) is 7.38. The number of hydrogen-bond acceptors (Lipinski definition) is 6. The number of nitrogens with one attached hydrogen (secondary N) is 2. The van der Waals surface area contributed by atoms with E-state index in [9.17, 15) is 9.90 Å². The van der Waals surface area contributed by atoms with E-state index >= 15 is 0 Å². The highest BCUT2D eigenvalue weighted by Crippen LogP contribution is 2.19. The van der Waals surface area contributed by atoms with Crippen molar-refractivity contribution in [2.24, 2.45) is 0 Å². The van der Waals surface area contributed by atoms with E-state index in [-0.39, 0.29) is 24.0 Å². The van der Waals surface area contributed by atoms with Crippen LogP contribution in [0.1, 0.15) is 23.3 Å². The van der Waals surface area contributed by atoms with Crippen LogP contribution in [0.4, 0.5) is 0 Å². The summed E-state index contributed by atoms with van der Waals surface area (Å²) in [7, 11) is 0. The molecule has 0 bridgehead atoms. The van der Waals surface area contributed by atoms with Crippen LogP contribution >= 0.6 is 12.4 Å². The lowest BCUT2D eigenvalue weighted by molar-refractivity contribution is -0.00866. The smallest absolute Gasteiger partial charge is 0.273 e. The third-order valence-electron chi connectivity index (χ3n) is 4.16. The van der Waals surface area contributed by atoms with E-state index in [2.05, 4.69) is 20.9 Å². The van der Waals surface area contributed by atoms with Gasteiger partial charge in [0.05, 0.1) is 24.9 Å². The van der Waals surface area contributed by atoms with Crippen LogP contribution in [0.3, 0.4) is 0 Å². The second-order valence-electron chi connectivity index (χ2n) is 6.19. The second kappa shape index (κ2) is 9.51. The summed E-state index contributed by atoms with van der Waals surface area (Å²) in [6.45, 7) is 2.64. The molecule has 1 aliphatic rings. The minimum atomic E-state index is -0.795. The SMILES string of the molecule is Cl.O=C(NCCOc1ccccc1)c1cn(CC2(O)CCNCC2)nn1. The predicted molar refractivity (Wildman–Crippen MR) is 98.6 cm³/mol. The van der Waals surface area contributed by atoms with Gasteiger partial charge in [0.2, 0.25) is 0 Å². The van der Waals surface area contributed by atoms with Crippen LogP contribution in [-0.2, 0) is 6.54 Å². The van der Waals surface area contributed by atoms with Crippen molar-refractivity contribution in [1.29, 1.82) is 0 Å². The number of benzene rings is 1. The van der Waals surface area contributed by atoms with Crippen molar-refractivity contribution < 1.29 is 14.6 Å². The summed E-state index contributed by atoms with van der Waals surface area (Å²) in [5.41, 5.74) is -0.562. The average molecular weight is 382 g/mol. The van der Waals surface area contributed by atoms with Crippen molar-refractivity contribution >= 4 is 18.3 Å². The number of carbonyl (C=O) groups is 1. The fourth-order valence-electron chi connectivity index (χ4n) is 2.77. The van der Waals surface area contributed by atoms with Gasteiger partial charge in [-0.3, -0.25) is 4.79 Å². The zero-order valence-corrected chi connectivity index (χ0v) is 15.2. The summed E-state index contributed by atoms with van der Waals surface area (Å²) in [6, 6.07) is 9.42. The van der Waals surface area contributed by atoms with E-state index in [1.54, 1.807) is 6.20 Å². The minimum absolute atomic E-state index is 0. The topological polar surface area (TPSA) is 101 Å². The zero-order chi connectivity index (χ0) is 17.5. The van der Waals surface area contributed by atoms with Crippen LogP contribution in [-0.4, -0.2) is 57.8 Å². The van der Waals surface area contributed by atoms with Gasteiger partial charge >= 0.3 is 0 Å². The molecule has 0 atom stereocenters. The number of aromatic nitrogens is 3. The number of carbonyl (C=O) groups excluding carboxylic acids is 1. The lowest BCUT2D eigenvalue weighted by Gasteiger charge is -2.32. The Bertz CT molecular complexity index is 689. The first-order valence-corrected chi connectivity index (χ1v) is 8.44. The summed E-state index contributed by atoms with van der Waals surface area (Å²) in [6.07, 6.45) is 2.88. The predicted octanol–water partition coefficient (Wildman–Crippen LogP) is 0.623. The molecule has 1 aromatic heterocycles. The molecule has 0 spiro atoms. The molecule has 0 unspecified atom stereocenters. The lowest BCUT2D eigenvalue weighted by atomic mass is 9.92. The number of rotatable bonds is 7. The first-order chi connectivity index (χ1) is 12.1. The van der Waals surface area contributed by atoms with E-state index < -0.39 is 5.60 Å². The highest BCUT2D eigenvalue weighted by Gasteiger charge is 2.30. The average Bonchev–Trinajstić information content (AvgIpc) is 3.08. The van der Waals surface area contributed by atoms with Crippen LogP contribution in [0.5, 0.6) is 5.75 Å². The Morgan fingerprint density at radius 1 is 1.31 bits per heavy atom. The normalized spacial score (nSPS) is 15.7. The van der Waals surface area contributed by atoms with Gasteiger partial charge in [-0.25, -0.2) is 4.68 Å². The lowest BCUT2D eigenvalue weighted by Crippen LogP contribution is -2.44. The molecule has 8 nitrogen and oxygen atoms in total. The van der Waals surface area contributed by atoms with Crippen molar-refractivity contribution in [2.75, 3.05) is 26.2 Å². The van der Waals surface area contributed by atoms with Gasteiger partial charge < -0.3 is 20.5 Å². The summed E-state index contributed by atoms with van der Waals surface area (Å²) < 4.78 is 7.04. The molecule has 3 rings (SSSR count). The quantitative estimate of drug-likeness (QED) is 0.608. The molecule has 2 heterocycles. The Morgan fingerprint density at radius 2 is 2.04 bits per heavy atom. The fraction of sp³-hybridized carbons (Fsp3) is 0.471. The number of halogens is 1. The number of amides is 1. The number of ether oxygens (including phenoxy) is 1. The standard InChI is InChI=1S/C17H23N5O3.ClH/c23-16(19-10-11-25-14-4-2-1-3-5-14)15-12-22(21-20-15)13-17(24)6-8-18-9-7-17;/h1-5,12,18,24H,6-11,13H2,(H,19,23);1H. The highest BCUT2D eigenvalue weighted by molar-refractivity contribution is 5.91. The van der Waals surface area contributed by atoms with E-state index in [0.717, 1.165) is 18.8 Å². The van der Waals surface area contributed by atoms with Crippen molar-refractivity contribution in [1.82, 2.24) is 25.6 Å². The van der Waals surface area contributed by atoms with Gasteiger partial charge in [0.1, 0.15) is 12.4 Å². The third kappa shape index (κ3) is 5.69. The maximum Gasteiger partial charge on any atom is 0.273 e. The number of nitrogens with zero attached hydrogens (tertiary/aromatic N) is 3. The maximum absolute atomic E-state index is 12.1. The molecule has 26 heavy (non-hydrogen) atoms. The van der Waals surface area contributed by atoms with Crippen LogP contribution in [0.15, 0.2) is 36.5 Å². The molecule has 0 aliphatic carbocycles. The summed E-state index contributed by atoms with van der Waals surface area (Å²) in [5.74, 6) is 0.457. The van der Waals surface area contributed by atoms with E-state index in [4.69, 9.17) is 4.74 Å². The molecule has 0 radical (unpaired) electrons. The second-order valence-corrected chi connectivity index (χ2v) is 6.19. The minimum Gasteiger partial charge on any atom is -0.492 e. The van der Waals surface area contributed by atoms with Gasteiger partial charge in [-0.15, -0.1) is 17.5 Å². The largest absolute Gasteiger partial charge is 0.492 e. The molecule has 1 aliphatic heterocycles. The number of piperidine rings is 1. The van der Waals surface area contributed by atoms with Crippen LogP contribution < -0.4 is 15.4 Å². The molecule has 1 saturated heterocycles. The van der Waals surface area contributed by atoms with Gasteiger partial charge in [0, 0.05) is 0 Å². The van der Waals surface area contributed by atoms with Gasteiger partial charge in [0.15, 0.2) is 5.69 Å². The molecule has 2 aromatic rings. The molecule has 1 fully saturated rings. The van der Waals surface area contributed by atoms with Gasteiger partial charge in [-0.05, 0) is 38.1 Å². The Balaban J connectivity index is 0.00000243. The molecular formula is C17H24ClN5O3. The molecule has 0 saturated carbocycles. The Labute approximate surface area is 158 Å². The molecule has 1 aromatic carbocycles. The van der Waals surface area contributed by atoms with Gasteiger partial charge in [0.25, 0.3) is 5.91 Å². The van der Waals surface area contributed by atoms with Crippen molar-refractivity contribution in [3.8, 4) is 5.75 Å². The first-order valence-electron chi connectivity index (χ1n) is 8.44. The third-order valence-corrected chi connectivity index (χ3v) is 4.16. The molecule has 142 valence electrons. The van der Waals surface area contributed by atoms with Crippen molar-refractivity contribution in [2.45, 2.75) is 25.0 Å². The van der Waals surface area contributed by atoms with Crippen molar-refractivity contribution in [3.63, 3.8) is 0 Å².